The number of thiazole rings is 1. The summed E-state index contributed by atoms with van der Waals surface area (Å²) in [4.78, 5) is 13.3. The number of hydrogen-bond donors (Lipinski definition) is 2. The number of amides is 1. The quantitative estimate of drug-likeness (QED) is 0.443. The SMILES string of the molecule is C=CCOc1ccc([C@@H]2NC(=O)c3sc(=S)n(-c4ccccc4)c3N2)cc1OC. The predicted molar refractivity (Wildman–Crippen MR) is 117 cm³/mol. The first-order valence-corrected chi connectivity index (χ1v) is 10.1. The van der Waals surface area contributed by atoms with Gasteiger partial charge in [0, 0.05) is 5.69 Å². The van der Waals surface area contributed by atoms with Crippen LogP contribution in [0.2, 0.25) is 0 Å². The molecule has 0 aliphatic carbocycles. The number of nitrogens with one attached hydrogen (secondary N) is 2. The Kier molecular flexibility index (Phi) is 5.37. The van der Waals surface area contributed by atoms with E-state index in [1.165, 1.54) is 11.3 Å². The molecule has 148 valence electrons. The molecule has 0 fully saturated rings. The Morgan fingerprint density at radius 2 is 2.00 bits per heavy atom. The number of hydrogen-bond acceptors (Lipinski definition) is 6. The molecule has 0 spiro atoms. The van der Waals surface area contributed by atoms with Crippen molar-refractivity contribution in [2.45, 2.75) is 6.17 Å². The molecule has 0 unspecified atom stereocenters. The van der Waals surface area contributed by atoms with Gasteiger partial charge in [-0.05, 0) is 42.0 Å². The molecule has 1 atom stereocenters. The number of rotatable bonds is 6. The van der Waals surface area contributed by atoms with Crippen molar-refractivity contribution in [2.75, 3.05) is 19.0 Å². The summed E-state index contributed by atoms with van der Waals surface area (Å²) in [6.07, 6.45) is 1.24. The summed E-state index contributed by atoms with van der Waals surface area (Å²) >= 11 is 6.81. The maximum Gasteiger partial charge on any atom is 0.267 e. The maximum atomic E-state index is 12.8. The van der Waals surface area contributed by atoms with Crippen molar-refractivity contribution < 1.29 is 14.3 Å². The second-order valence-electron chi connectivity index (χ2n) is 6.28. The smallest absolute Gasteiger partial charge is 0.267 e. The zero-order valence-electron chi connectivity index (χ0n) is 15.7. The first-order chi connectivity index (χ1) is 14.1. The average Bonchev–Trinajstić information content (AvgIpc) is 3.09. The van der Waals surface area contributed by atoms with Crippen molar-refractivity contribution in [1.82, 2.24) is 9.88 Å². The molecule has 0 bridgehead atoms. The van der Waals surface area contributed by atoms with E-state index in [-0.39, 0.29) is 5.91 Å². The van der Waals surface area contributed by atoms with Crippen molar-refractivity contribution in [3.8, 4) is 17.2 Å². The maximum absolute atomic E-state index is 12.8. The molecule has 0 saturated carbocycles. The summed E-state index contributed by atoms with van der Waals surface area (Å²) in [6.45, 7) is 4.03. The third-order valence-electron chi connectivity index (χ3n) is 4.47. The second-order valence-corrected chi connectivity index (χ2v) is 7.92. The lowest BCUT2D eigenvalue weighted by Crippen LogP contribution is -2.38. The normalized spacial score (nSPS) is 15.1. The topological polar surface area (TPSA) is 64.5 Å². The van der Waals surface area contributed by atoms with Crippen LogP contribution in [0.5, 0.6) is 11.5 Å². The molecule has 3 aromatic rings. The van der Waals surface area contributed by atoms with Gasteiger partial charge in [0.1, 0.15) is 23.5 Å². The summed E-state index contributed by atoms with van der Waals surface area (Å²) in [6, 6.07) is 15.3. The molecular weight excluding hydrogens is 406 g/mol. The van der Waals surface area contributed by atoms with E-state index in [4.69, 9.17) is 21.7 Å². The number of aromatic nitrogens is 1. The van der Waals surface area contributed by atoms with E-state index >= 15 is 0 Å². The van der Waals surface area contributed by atoms with Gasteiger partial charge in [-0.2, -0.15) is 0 Å². The average molecular weight is 426 g/mol. The van der Waals surface area contributed by atoms with E-state index in [0.29, 0.717) is 32.8 Å². The third-order valence-corrected chi connectivity index (χ3v) is 5.84. The van der Waals surface area contributed by atoms with E-state index in [1.54, 1.807) is 13.2 Å². The van der Waals surface area contributed by atoms with Crippen molar-refractivity contribution >= 4 is 35.3 Å². The molecule has 1 aromatic heterocycles. The summed E-state index contributed by atoms with van der Waals surface area (Å²) in [7, 11) is 1.58. The lowest BCUT2D eigenvalue weighted by Gasteiger charge is -2.27. The van der Waals surface area contributed by atoms with Gasteiger partial charge in [0.25, 0.3) is 5.91 Å². The highest BCUT2D eigenvalue weighted by molar-refractivity contribution is 7.73. The lowest BCUT2D eigenvalue weighted by atomic mass is 10.1. The number of benzene rings is 2. The third kappa shape index (κ3) is 3.64. The second kappa shape index (κ2) is 8.10. The zero-order valence-corrected chi connectivity index (χ0v) is 17.3. The molecule has 1 aliphatic heterocycles. The largest absolute Gasteiger partial charge is 0.493 e. The van der Waals surface area contributed by atoms with Crippen LogP contribution < -0.4 is 20.1 Å². The van der Waals surface area contributed by atoms with Crippen molar-refractivity contribution in [1.29, 1.82) is 0 Å². The van der Waals surface area contributed by atoms with E-state index in [2.05, 4.69) is 17.2 Å². The van der Waals surface area contributed by atoms with E-state index in [1.807, 2.05) is 53.1 Å². The minimum Gasteiger partial charge on any atom is -0.493 e. The van der Waals surface area contributed by atoms with Gasteiger partial charge in [-0.15, -0.1) is 0 Å². The Morgan fingerprint density at radius 1 is 1.21 bits per heavy atom. The number of nitrogens with zero attached hydrogens (tertiary/aromatic N) is 1. The van der Waals surface area contributed by atoms with Crippen LogP contribution in [0.3, 0.4) is 0 Å². The first kappa shape index (κ1) is 19.2. The Labute approximate surface area is 177 Å². The highest BCUT2D eigenvalue weighted by Crippen LogP contribution is 2.36. The molecule has 0 radical (unpaired) electrons. The van der Waals surface area contributed by atoms with Crippen molar-refractivity contribution in [3.63, 3.8) is 0 Å². The van der Waals surface area contributed by atoms with Crippen LogP contribution >= 0.6 is 23.6 Å². The van der Waals surface area contributed by atoms with Gasteiger partial charge in [-0.25, -0.2) is 0 Å². The molecule has 4 rings (SSSR count). The first-order valence-electron chi connectivity index (χ1n) is 8.92. The molecule has 1 aliphatic rings. The summed E-state index contributed by atoms with van der Waals surface area (Å²) in [5.74, 6) is 1.71. The van der Waals surface area contributed by atoms with E-state index < -0.39 is 6.17 Å². The number of fused-ring (bicyclic) bond motifs is 1. The number of carbonyl (C=O) groups excluding carboxylic acids is 1. The molecule has 6 nitrogen and oxygen atoms in total. The van der Waals surface area contributed by atoms with Crippen molar-refractivity contribution in [3.05, 3.63) is 75.6 Å². The van der Waals surface area contributed by atoms with Crippen LogP contribution in [-0.2, 0) is 0 Å². The molecule has 2 aromatic carbocycles. The fraction of sp³-hybridized carbons (Fsp3) is 0.143. The Bertz CT molecular complexity index is 1120. The number of anilines is 1. The molecule has 2 heterocycles. The van der Waals surface area contributed by atoms with Gasteiger partial charge in [-0.1, -0.05) is 48.3 Å². The van der Waals surface area contributed by atoms with E-state index in [9.17, 15) is 4.79 Å². The van der Waals surface area contributed by atoms with Crippen LogP contribution in [0.4, 0.5) is 5.82 Å². The van der Waals surface area contributed by atoms with Gasteiger partial charge in [0.15, 0.2) is 15.5 Å². The fourth-order valence-corrected chi connectivity index (χ4v) is 4.45. The number of para-hydroxylation sites is 1. The van der Waals surface area contributed by atoms with Gasteiger partial charge >= 0.3 is 0 Å². The molecule has 1 amide bonds. The highest BCUT2D eigenvalue weighted by Gasteiger charge is 2.30. The van der Waals surface area contributed by atoms with Gasteiger partial charge in [-0.3, -0.25) is 9.36 Å². The van der Waals surface area contributed by atoms with Crippen LogP contribution in [0.1, 0.15) is 21.4 Å². The molecule has 0 saturated heterocycles. The van der Waals surface area contributed by atoms with Crippen LogP contribution in [-0.4, -0.2) is 24.2 Å². The zero-order chi connectivity index (χ0) is 20.4. The van der Waals surface area contributed by atoms with Crippen LogP contribution in [0.25, 0.3) is 5.69 Å². The van der Waals surface area contributed by atoms with Crippen molar-refractivity contribution in [2.24, 2.45) is 0 Å². The predicted octanol–water partition coefficient (Wildman–Crippen LogP) is 4.70. The van der Waals surface area contributed by atoms with Crippen LogP contribution in [0.15, 0.2) is 61.2 Å². The van der Waals surface area contributed by atoms with Gasteiger partial charge in [0.05, 0.1) is 7.11 Å². The molecule has 8 heteroatoms. The highest BCUT2D eigenvalue weighted by atomic mass is 32.1. The standard InChI is InChI=1S/C21H19N3O3S2/c1-3-11-27-15-10-9-13(12-16(15)26-2)18-22-19-17(20(25)23-18)29-21(28)24(19)14-7-5-4-6-8-14/h3-10,12,18,22H,1,11H2,2H3,(H,23,25)/t18-/m0/s1. The Hall–Kier alpha value is -3.10. The van der Waals surface area contributed by atoms with Gasteiger partial charge in [0.2, 0.25) is 0 Å². The Balaban J connectivity index is 1.71. The monoisotopic (exact) mass is 425 g/mol. The Morgan fingerprint density at radius 3 is 2.72 bits per heavy atom. The number of carbonyl (C=O) groups is 1. The summed E-state index contributed by atoms with van der Waals surface area (Å²) < 4.78 is 13.6. The summed E-state index contributed by atoms with van der Waals surface area (Å²) in [5.41, 5.74) is 1.74. The molecular formula is C21H19N3O3S2. The number of ether oxygens (including phenoxy) is 2. The van der Waals surface area contributed by atoms with E-state index in [0.717, 1.165) is 11.3 Å². The van der Waals surface area contributed by atoms with Crippen LogP contribution in [0, 0.1) is 3.95 Å². The lowest BCUT2D eigenvalue weighted by molar-refractivity contribution is 0.0939. The minimum absolute atomic E-state index is 0.166. The molecule has 2 N–H and O–H groups in total. The van der Waals surface area contributed by atoms with Gasteiger partial charge < -0.3 is 20.1 Å². The summed E-state index contributed by atoms with van der Waals surface area (Å²) in [5, 5.41) is 6.39. The fourth-order valence-electron chi connectivity index (χ4n) is 3.14. The molecule has 29 heavy (non-hydrogen) atoms. The minimum atomic E-state index is -0.434. The number of methoxy groups -OCH3 is 1.